The zero-order valence-corrected chi connectivity index (χ0v) is 13.3. The topological polar surface area (TPSA) is 131 Å². The predicted molar refractivity (Wildman–Crippen MR) is 91.5 cm³/mol. The number of nitro benzene ring substituents is 1. The van der Waals surface area contributed by atoms with E-state index in [0.29, 0.717) is 5.13 Å². The smallest absolute Gasteiger partial charge is 0.311 e. The molecule has 0 aliphatic carbocycles. The van der Waals surface area contributed by atoms with E-state index in [4.69, 9.17) is 5.73 Å². The highest BCUT2D eigenvalue weighted by molar-refractivity contribution is 7.22. The van der Waals surface area contributed by atoms with Gasteiger partial charge in [-0.1, -0.05) is 17.4 Å². The molecule has 9 heteroatoms. The van der Waals surface area contributed by atoms with Crippen molar-refractivity contribution in [3.8, 4) is 5.75 Å². The average molecular weight is 344 g/mol. The van der Waals surface area contributed by atoms with Crippen LogP contribution in [0.4, 0.5) is 16.5 Å². The largest absolute Gasteiger partial charge is 0.502 e. The highest BCUT2D eigenvalue weighted by atomic mass is 32.1. The van der Waals surface area contributed by atoms with Crippen LogP contribution in [0, 0.1) is 17.0 Å². The number of nitro groups is 1. The Bertz CT molecular complexity index is 983. The van der Waals surface area contributed by atoms with Crippen LogP contribution in [-0.2, 0) is 0 Å². The van der Waals surface area contributed by atoms with Crippen molar-refractivity contribution in [2.24, 2.45) is 0 Å². The molecular weight excluding hydrogens is 332 g/mol. The molecule has 3 rings (SSSR count). The molecule has 0 spiro atoms. The number of carbonyl (C=O) groups excluding carboxylic acids is 1. The summed E-state index contributed by atoms with van der Waals surface area (Å²) in [5.74, 6) is -1.23. The highest BCUT2D eigenvalue weighted by Gasteiger charge is 2.21. The van der Waals surface area contributed by atoms with Crippen molar-refractivity contribution in [3.05, 3.63) is 51.6 Å². The number of nitrogens with zero attached hydrogens (tertiary/aromatic N) is 2. The fraction of sp³-hybridized carbons (Fsp3) is 0.0667. The number of hydrogen-bond donors (Lipinski definition) is 3. The lowest BCUT2D eigenvalue weighted by molar-refractivity contribution is -0.385. The van der Waals surface area contributed by atoms with Gasteiger partial charge in [0.25, 0.3) is 5.91 Å². The van der Waals surface area contributed by atoms with Crippen molar-refractivity contribution in [3.63, 3.8) is 0 Å². The first-order chi connectivity index (χ1) is 11.3. The van der Waals surface area contributed by atoms with Crippen molar-refractivity contribution in [2.75, 3.05) is 11.1 Å². The van der Waals surface area contributed by atoms with Gasteiger partial charge in [0.1, 0.15) is 0 Å². The van der Waals surface area contributed by atoms with E-state index in [0.717, 1.165) is 27.9 Å². The van der Waals surface area contributed by atoms with Crippen LogP contribution in [0.2, 0.25) is 0 Å². The summed E-state index contributed by atoms with van der Waals surface area (Å²) in [5.41, 5.74) is 6.74. The molecule has 24 heavy (non-hydrogen) atoms. The SMILES string of the molecule is Cc1ccc2nc(NC(=O)c3cc([N+](=O)[O-])c(O)cc3N)sc2c1. The number of aromatic hydroxyl groups is 1. The number of thiazole rings is 1. The lowest BCUT2D eigenvalue weighted by Crippen LogP contribution is -2.14. The minimum atomic E-state index is -0.786. The summed E-state index contributed by atoms with van der Waals surface area (Å²) in [6.07, 6.45) is 0. The Morgan fingerprint density at radius 1 is 1.38 bits per heavy atom. The molecule has 2 aromatic carbocycles. The monoisotopic (exact) mass is 344 g/mol. The van der Waals surface area contributed by atoms with Gasteiger partial charge in [-0.2, -0.15) is 0 Å². The zero-order valence-electron chi connectivity index (χ0n) is 12.4. The van der Waals surface area contributed by atoms with E-state index >= 15 is 0 Å². The van der Waals surface area contributed by atoms with E-state index in [1.165, 1.54) is 11.3 Å². The maximum absolute atomic E-state index is 12.3. The average Bonchev–Trinajstić information content (AvgIpc) is 2.87. The summed E-state index contributed by atoms with van der Waals surface area (Å²) in [6.45, 7) is 1.95. The van der Waals surface area contributed by atoms with Gasteiger partial charge < -0.3 is 10.8 Å². The first-order valence-electron chi connectivity index (χ1n) is 6.80. The summed E-state index contributed by atoms with van der Waals surface area (Å²) in [4.78, 5) is 26.7. The first-order valence-corrected chi connectivity index (χ1v) is 7.62. The molecule has 122 valence electrons. The number of rotatable bonds is 3. The highest BCUT2D eigenvalue weighted by Crippen LogP contribution is 2.32. The van der Waals surface area contributed by atoms with Gasteiger partial charge in [-0.25, -0.2) is 4.98 Å². The molecule has 8 nitrogen and oxygen atoms in total. The molecular formula is C15H12N4O4S. The lowest BCUT2D eigenvalue weighted by Gasteiger charge is -2.06. The fourth-order valence-corrected chi connectivity index (χ4v) is 3.14. The van der Waals surface area contributed by atoms with Crippen molar-refractivity contribution in [1.82, 2.24) is 4.98 Å². The number of hydrogen-bond acceptors (Lipinski definition) is 7. The number of benzene rings is 2. The molecule has 1 aromatic heterocycles. The van der Waals surface area contributed by atoms with Crippen LogP contribution in [0.15, 0.2) is 30.3 Å². The Morgan fingerprint density at radius 3 is 2.83 bits per heavy atom. The Morgan fingerprint density at radius 2 is 2.12 bits per heavy atom. The number of aromatic nitrogens is 1. The first kappa shape index (κ1) is 15.7. The Hall–Kier alpha value is -3.20. The minimum absolute atomic E-state index is 0.0624. The molecule has 4 N–H and O–H groups in total. The summed E-state index contributed by atoms with van der Waals surface area (Å²) in [5, 5.41) is 23.3. The summed E-state index contributed by atoms with van der Waals surface area (Å²) in [6, 6.07) is 7.63. The van der Waals surface area contributed by atoms with Crippen LogP contribution in [0.1, 0.15) is 15.9 Å². The van der Waals surface area contributed by atoms with Crippen LogP contribution < -0.4 is 11.1 Å². The fourth-order valence-electron chi connectivity index (χ4n) is 2.19. The Kier molecular flexibility index (Phi) is 3.78. The number of nitrogens with one attached hydrogen (secondary N) is 1. The quantitative estimate of drug-likeness (QED) is 0.380. The molecule has 0 fully saturated rings. The third-order valence-electron chi connectivity index (χ3n) is 3.35. The molecule has 3 aromatic rings. The van der Waals surface area contributed by atoms with Crippen LogP contribution in [0.5, 0.6) is 5.75 Å². The molecule has 0 saturated carbocycles. The zero-order chi connectivity index (χ0) is 17.4. The van der Waals surface area contributed by atoms with E-state index < -0.39 is 22.3 Å². The third kappa shape index (κ3) is 2.84. The van der Waals surface area contributed by atoms with Crippen LogP contribution in [0.25, 0.3) is 10.2 Å². The van der Waals surface area contributed by atoms with Gasteiger partial charge in [-0.15, -0.1) is 0 Å². The van der Waals surface area contributed by atoms with Crippen LogP contribution in [0.3, 0.4) is 0 Å². The molecule has 0 radical (unpaired) electrons. The number of nitrogens with two attached hydrogens (primary N) is 1. The second kappa shape index (κ2) is 5.78. The Balaban J connectivity index is 1.94. The summed E-state index contributed by atoms with van der Waals surface area (Å²) >= 11 is 1.29. The molecule has 1 heterocycles. The number of fused-ring (bicyclic) bond motifs is 1. The van der Waals surface area contributed by atoms with Crippen molar-refractivity contribution in [1.29, 1.82) is 0 Å². The summed E-state index contributed by atoms with van der Waals surface area (Å²) < 4.78 is 0.912. The van der Waals surface area contributed by atoms with Crippen molar-refractivity contribution < 1.29 is 14.8 Å². The van der Waals surface area contributed by atoms with Gasteiger partial charge >= 0.3 is 5.69 Å². The standard InChI is InChI=1S/C15H12N4O4S/c1-7-2-3-10-13(4-7)24-15(17-10)18-14(21)8-5-11(19(22)23)12(20)6-9(8)16/h2-6,20H,16H2,1H3,(H,17,18,21). The number of aryl methyl sites for hydroxylation is 1. The number of nitrogen functional groups attached to an aromatic ring is 1. The number of phenols is 1. The molecule has 1 amide bonds. The molecule has 0 aliphatic rings. The van der Waals surface area contributed by atoms with Crippen molar-refractivity contribution >= 4 is 44.0 Å². The minimum Gasteiger partial charge on any atom is -0.502 e. The lowest BCUT2D eigenvalue weighted by atomic mass is 10.1. The molecule has 0 bridgehead atoms. The Labute approximate surface area is 139 Å². The van der Waals surface area contributed by atoms with Gasteiger partial charge in [0.15, 0.2) is 10.9 Å². The maximum atomic E-state index is 12.3. The summed E-state index contributed by atoms with van der Waals surface area (Å²) in [7, 11) is 0. The van der Waals surface area contributed by atoms with Gasteiger partial charge in [0.2, 0.25) is 0 Å². The van der Waals surface area contributed by atoms with E-state index in [1.54, 1.807) is 0 Å². The van der Waals surface area contributed by atoms with Gasteiger partial charge in [0, 0.05) is 17.8 Å². The van der Waals surface area contributed by atoms with Gasteiger partial charge in [-0.3, -0.25) is 20.2 Å². The number of phenolic OH excluding ortho intramolecular Hbond substituents is 1. The normalized spacial score (nSPS) is 10.7. The second-order valence-electron chi connectivity index (χ2n) is 5.13. The van der Waals surface area contributed by atoms with E-state index in [1.807, 2.05) is 25.1 Å². The third-order valence-corrected chi connectivity index (χ3v) is 4.29. The van der Waals surface area contributed by atoms with Gasteiger partial charge in [0.05, 0.1) is 20.7 Å². The van der Waals surface area contributed by atoms with E-state index in [9.17, 15) is 20.0 Å². The van der Waals surface area contributed by atoms with Crippen LogP contribution >= 0.6 is 11.3 Å². The number of amides is 1. The predicted octanol–water partition coefficient (Wildman–Crippen LogP) is 3.05. The van der Waals surface area contributed by atoms with Gasteiger partial charge in [-0.05, 0) is 24.6 Å². The maximum Gasteiger partial charge on any atom is 0.311 e. The molecule has 0 saturated heterocycles. The van der Waals surface area contributed by atoms with E-state index in [2.05, 4.69) is 10.3 Å². The van der Waals surface area contributed by atoms with E-state index in [-0.39, 0.29) is 11.3 Å². The van der Waals surface area contributed by atoms with Crippen LogP contribution in [-0.4, -0.2) is 20.9 Å². The molecule has 0 aliphatic heterocycles. The second-order valence-corrected chi connectivity index (χ2v) is 6.16. The van der Waals surface area contributed by atoms with Crippen molar-refractivity contribution in [2.45, 2.75) is 6.92 Å². The number of carbonyl (C=O) groups is 1. The molecule has 0 unspecified atom stereocenters. The molecule has 0 atom stereocenters. The number of anilines is 2.